The van der Waals surface area contributed by atoms with Crippen LogP contribution in [0, 0.1) is 19.7 Å². The summed E-state index contributed by atoms with van der Waals surface area (Å²) in [7, 11) is 1.65. The number of aromatic amines is 1. The quantitative estimate of drug-likeness (QED) is 0.506. The van der Waals surface area contributed by atoms with Crippen molar-refractivity contribution in [1.82, 2.24) is 9.88 Å². The van der Waals surface area contributed by atoms with Crippen LogP contribution in [0.5, 0.6) is 11.5 Å². The number of rotatable bonds is 5. The van der Waals surface area contributed by atoms with Crippen LogP contribution >= 0.6 is 0 Å². The number of amides is 1. The van der Waals surface area contributed by atoms with E-state index in [4.69, 9.17) is 4.74 Å². The predicted octanol–water partition coefficient (Wildman–Crippen LogP) is 4.71. The minimum absolute atomic E-state index is 0.0787. The van der Waals surface area contributed by atoms with E-state index in [1.54, 1.807) is 46.9 Å². The number of hydrogen-bond acceptors (Lipinski definition) is 4. The molecule has 0 bridgehead atoms. The molecule has 1 aromatic heterocycles. The van der Waals surface area contributed by atoms with Gasteiger partial charge in [-0.05, 0) is 80.3 Å². The van der Waals surface area contributed by atoms with Crippen LogP contribution in [0.4, 0.5) is 4.39 Å². The van der Waals surface area contributed by atoms with Gasteiger partial charge in [0.05, 0.1) is 5.60 Å². The highest BCUT2D eigenvalue weighted by Gasteiger charge is 2.35. The fraction of sp³-hybridized carbons (Fsp3) is 0.308. The summed E-state index contributed by atoms with van der Waals surface area (Å²) in [4.78, 5) is 28.6. The van der Waals surface area contributed by atoms with Gasteiger partial charge in [-0.15, -0.1) is 0 Å². The molecule has 0 aliphatic carbocycles. The SMILES string of the molecule is Cc1cc(F)cc(C)c1Oc1ccc(C(C)(C)O)cc1C1CN(C)C(=O)c2[nH]c(C(=O)O)cc21. The Morgan fingerprint density at radius 3 is 2.38 bits per heavy atom. The van der Waals surface area contributed by atoms with E-state index in [9.17, 15) is 24.2 Å². The summed E-state index contributed by atoms with van der Waals surface area (Å²) in [5.41, 5.74) is 2.11. The van der Waals surface area contributed by atoms with Gasteiger partial charge in [-0.3, -0.25) is 4.79 Å². The van der Waals surface area contributed by atoms with Crippen molar-refractivity contribution < 1.29 is 28.9 Å². The van der Waals surface area contributed by atoms with E-state index in [0.717, 1.165) is 0 Å². The van der Waals surface area contributed by atoms with Crippen molar-refractivity contribution >= 4 is 11.9 Å². The zero-order valence-electron chi connectivity index (χ0n) is 19.7. The summed E-state index contributed by atoms with van der Waals surface area (Å²) in [5, 5.41) is 20.1. The zero-order chi connectivity index (χ0) is 24.9. The van der Waals surface area contributed by atoms with Crippen LogP contribution in [0.3, 0.4) is 0 Å². The Balaban J connectivity index is 1.91. The lowest BCUT2D eigenvalue weighted by molar-refractivity contribution is 0.0690. The number of nitrogens with zero attached hydrogens (tertiary/aromatic N) is 1. The molecule has 7 nitrogen and oxygen atoms in total. The van der Waals surface area contributed by atoms with Crippen molar-refractivity contribution in [3.05, 3.63) is 81.4 Å². The number of halogens is 1. The number of nitrogens with one attached hydrogen (secondary N) is 1. The first-order valence-electron chi connectivity index (χ1n) is 10.9. The van der Waals surface area contributed by atoms with Crippen LogP contribution in [0.2, 0.25) is 0 Å². The van der Waals surface area contributed by atoms with Gasteiger partial charge in [0.2, 0.25) is 0 Å². The maximum absolute atomic E-state index is 13.8. The summed E-state index contributed by atoms with van der Waals surface area (Å²) >= 11 is 0. The number of aromatic nitrogens is 1. The van der Waals surface area contributed by atoms with Crippen LogP contribution in [0.1, 0.15) is 68.6 Å². The third-order valence-electron chi connectivity index (χ3n) is 6.20. The smallest absolute Gasteiger partial charge is 0.352 e. The number of aliphatic hydroxyl groups is 1. The van der Waals surface area contributed by atoms with Crippen molar-refractivity contribution in [2.45, 2.75) is 39.2 Å². The first-order chi connectivity index (χ1) is 15.9. The normalized spacial score (nSPS) is 15.9. The summed E-state index contributed by atoms with van der Waals surface area (Å²) < 4.78 is 20.1. The lowest BCUT2D eigenvalue weighted by Gasteiger charge is -2.32. The van der Waals surface area contributed by atoms with Crippen molar-refractivity contribution in [3.63, 3.8) is 0 Å². The molecule has 0 fully saturated rings. The highest BCUT2D eigenvalue weighted by Crippen LogP contribution is 2.42. The summed E-state index contributed by atoms with van der Waals surface area (Å²) in [6.07, 6.45) is 0. The molecule has 0 radical (unpaired) electrons. The molecular formula is C26H27FN2O5. The largest absolute Gasteiger partial charge is 0.477 e. The molecule has 178 valence electrons. The fourth-order valence-corrected chi connectivity index (χ4v) is 4.41. The molecule has 0 saturated heterocycles. The Morgan fingerprint density at radius 2 is 1.79 bits per heavy atom. The van der Waals surface area contributed by atoms with E-state index in [-0.39, 0.29) is 29.7 Å². The summed E-state index contributed by atoms with van der Waals surface area (Å²) in [6, 6.07) is 9.57. The molecule has 1 amide bonds. The molecule has 4 rings (SSSR count). The van der Waals surface area contributed by atoms with Crippen molar-refractivity contribution in [1.29, 1.82) is 0 Å². The zero-order valence-corrected chi connectivity index (χ0v) is 19.7. The Kier molecular flexibility index (Phi) is 5.73. The Bertz CT molecular complexity index is 1280. The van der Waals surface area contributed by atoms with Gasteiger partial charge < -0.3 is 24.8 Å². The molecule has 1 aliphatic rings. The third-order valence-corrected chi connectivity index (χ3v) is 6.20. The summed E-state index contributed by atoms with van der Waals surface area (Å²) in [6.45, 7) is 7.14. The van der Waals surface area contributed by atoms with Crippen LogP contribution < -0.4 is 4.74 Å². The monoisotopic (exact) mass is 466 g/mol. The number of fused-ring (bicyclic) bond motifs is 1. The van der Waals surface area contributed by atoms with Gasteiger partial charge in [-0.1, -0.05) is 6.07 Å². The number of aromatic carboxylic acids is 1. The number of aryl methyl sites for hydroxylation is 2. The van der Waals surface area contributed by atoms with Crippen LogP contribution in [-0.4, -0.2) is 45.6 Å². The second kappa shape index (κ2) is 8.29. The topological polar surface area (TPSA) is 103 Å². The number of hydrogen-bond donors (Lipinski definition) is 3. The fourth-order valence-electron chi connectivity index (χ4n) is 4.41. The minimum atomic E-state index is -1.16. The van der Waals surface area contributed by atoms with Gasteiger partial charge in [-0.2, -0.15) is 0 Å². The molecule has 0 spiro atoms. The average molecular weight is 467 g/mol. The molecule has 2 aromatic carbocycles. The lowest BCUT2D eigenvalue weighted by Crippen LogP contribution is -2.37. The second-order valence-electron chi connectivity index (χ2n) is 9.34. The van der Waals surface area contributed by atoms with Gasteiger partial charge in [0, 0.05) is 25.1 Å². The number of carboxylic acid groups (broad SMARTS) is 1. The Morgan fingerprint density at radius 1 is 1.15 bits per heavy atom. The van der Waals surface area contributed by atoms with Gasteiger partial charge in [0.25, 0.3) is 5.91 Å². The first-order valence-corrected chi connectivity index (χ1v) is 10.9. The van der Waals surface area contributed by atoms with Crippen LogP contribution in [0.25, 0.3) is 0 Å². The third kappa shape index (κ3) is 4.17. The number of likely N-dealkylation sites (N-methyl/N-ethyl adjacent to an activating group) is 1. The molecular weight excluding hydrogens is 439 g/mol. The van der Waals surface area contributed by atoms with E-state index >= 15 is 0 Å². The second-order valence-corrected chi connectivity index (χ2v) is 9.34. The maximum Gasteiger partial charge on any atom is 0.352 e. The molecule has 3 N–H and O–H groups in total. The van der Waals surface area contributed by atoms with Crippen molar-refractivity contribution in [2.75, 3.05) is 13.6 Å². The van der Waals surface area contributed by atoms with E-state index in [0.29, 0.717) is 39.3 Å². The minimum Gasteiger partial charge on any atom is -0.477 e. The number of carbonyl (C=O) groups is 2. The van der Waals surface area contributed by atoms with E-state index < -0.39 is 17.5 Å². The average Bonchev–Trinajstić information content (AvgIpc) is 3.19. The number of ether oxygens (including phenoxy) is 1. The number of carbonyl (C=O) groups excluding carboxylic acids is 1. The van der Waals surface area contributed by atoms with Crippen molar-refractivity contribution in [2.24, 2.45) is 0 Å². The molecule has 0 saturated carbocycles. The van der Waals surface area contributed by atoms with Crippen LogP contribution in [-0.2, 0) is 5.60 Å². The highest BCUT2D eigenvalue weighted by atomic mass is 19.1. The number of H-pyrrole nitrogens is 1. The van der Waals surface area contributed by atoms with E-state index in [1.807, 2.05) is 6.07 Å². The van der Waals surface area contributed by atoms with Gasteiger partial charge in [0.15, 0.2) is 0 Å². The van der Waals surface area contributed by atoms with Gasteiger partial charge in [0.1, 0.15) is 28.7 Å². The molecule has 34 heavy (non-hydrogen) atoms. The first kappa shape index (κ1) is 23.5. The predicted molar refractivity (Wildman–Crippen MR) is 124 cm³/mol. The molecule has 3 aromatic rings. The highest BCUT2D eigenvalue weighted by molar-refractivity contribution is 5.98. The number of benzene rings is 2. The van der Waals surface area contributed by atoms with Crippen LogP contribution in [0.15, 0.2) is 36.4 Å². The van der Waals surface area contributed by atoms with Gasteiger partial charge >= 0.3 is 5.97 Å². The molecule has 1 unspecified atom stereocenters. The Hall–Kier alpha value is -3.65. The number of carboxylic acids is 1. The Labute approximate surface area is 196 Å². The molecule has 1 atom stereocenters. The molecule has 8 heteroatoms. The van der Waals surface area contributed by atoms with Gasteiger partial charge in [-0.25, -0.2) is 9.18 Å². The summed E-state index contributed by atoms with van der Waals surface area (Å²) in [5.74, 6) is -1.25. The van der Waals surface area contributed by atoms with E-state index in [2.05, 4.69) is 4.98 Å². The van der Waals surface area contributed by atoms with Crippen molar-refractivity contribution in [3.8, 4) is 11.5 Å². The molecule has 2 heterocycles. The standard InChI is InChI=1S/C26H27FN2O5/c1-13-8-16(27)9-14(2)23(13)34-21-7-6-15(26(3,4)33)10-17(21)19-12-29(5)24(30)22-18(19)11-20(28-22)25(31)32/h6-11,19,28,33H,12H2,1-5H3,(H,31,32). The maximum atomic E-state index is 13.8. The van der Waals surface area contributed by atoms with E-state index in [1.165, 1.54) is 23.1 Å². The lowest BCUT2D eigenvalue weighted by atomic mass is 9.84. The molecule has 1 aliphatic heterocycles.